The summed E-state index contributed by atoms with van der Waals surface area (Å²) in [4.78, 5) is 15.8. The zero-order valence-electron chi connectivity index (χ0n) is 10.8. The van der Waals surface area contributed by atoms with Gasteiger partial charge < -0.3 is 5.73 Å². The van der Waals surface area contributed by atoms with Crippen LogP contribution in [0.3, 0.4) is 0 Å². The first kappa shape index (κ1) is 17.0. The third kappa shape index (κ3) is 3.89. The standard InChI is InChI=1S/C13H8BrCl3N4O/c14-7-3-1-2-6(4-7)5-19-21-13(22)11-8(15)10(18)9(16)12(17)20-11/h1-5H,(H2,18,20)(H,21,22). The monoisotopic (exact) mass is 420 g/mol. The largest absolute Gasteiger partial charge is 0.396 e. The minimum Gasteiger partial charge on any atom is -0.396 e. The zero-order chi connectivity index (χ0) is 16.3. The smallest absolute Gasteiger partial charge is 0.291 e. The number of rotatable bonds is 3. The van der Waals surface area contributed by atoms with E-state index in [0.717, 1.165) is 10.0 Å². The fourth-order valence-corrected chi connectivity index (χ4v) is 2.50. The molecule has 1 aromatic carbocycles. The maximum Gasteiger partial charge on any atom is 0.291 e. The predicted octanol–water partition coefficient (Wildman–Crippen LogP) is 4.15. The fraction of sp³-hybridized carbons (Fsp3) is 0. The summed E-state index contributed by atoms with van der Waals surface area (Å²) in [6, 6.07) is 7.37. The van der Waals surface area contributed by atoms with Gasteiger partial charge in [0.25, 0.3) is 5.91 Å². The van der Waals surface area contributed by atoms with E-state index in [2.05, 4.69) is 31.4 Å². The molecule has 2 aromatic rings. The molecule has 2 rings (SSSR count). The molecule has 0 spiro atoms. The summed E-state index contributed by atoms with van der Waals surface area (Å²) in [5.74, 6) is -0.651. The van der Waals surface area contributed by atoms with Crippen molar-refractivity contribution in [3.8, 4) is 0 Å². The van der Waals surface area contributed by atoms with Crippen molar-refractivity contribution in [3.05, 3.63) is 55.2 Å². The Morgan fingerprint density at radius 3 is 2.73 bits per heavy atom. The first-order chi connectivity index (χ1) is 10.4. The van der Waals surface area contributed by atoms with E-state index in [4.69, 9.17) is 40.5 Å². The van der Waals surface area contributed by atoms with Crippen LogP contribution in [0.1, 0.15) is 16.1 Å². The molecule has 0 radical (unpaired) electrons. The first-order valence-electron chi connectivity index (χ1n) is 5.79. The number of pyridine rings is 1. The number of amides is 1. The molecule has 0 aliphatic heterocycles. The van der Waals surface area contributed by atoms with E-state index in [1.165, 1.54) is 6.21 Å². The molecule has 22 heavy (non-hydrogen) atoms. The number of hydrogen-bond donors (Lipinski definition) is 2. The van der Waals surface area contributed by atoms with Crippen molar-refractivity contribution in [1.82, 2.24) is 10.4 Å². The maximum absolute atomic E-state index is 12.0. The van der Waals surface area contributed by atoms with Crippen LogP contribution in [0.5, 0.6) is 0 Å². The van der Waals surface area contributed by atoms with E-state index in [1.807, 2.05) is 24.3 Å². The van der Waals surface area contributed by atoms with Crippen LogP contribution in [-0.4, -0.2) is 17.1 Å². The molecule has 9 heteroatoms. The molecular formula is C13H8BrCl3N4O. The van der Waals surface area contributed by atoms with Gasteiger partial charge in [0, 0.05) is 4.47 Å². The lowest BCUT2D eigenvalue weighted by Gasteiger charge is -2.07. The molecule has 1 aromatic heterocycles. The van der Waals surface area contributed by atoms with Gasteiger partial charge in [0.05, 0.1) is 16.9 Å². The van der Waals surface area contributed by atoms with Gasteiger partial charge in [-0.1, -0.05) is 62.9 Å². The second-order valence-corrected chi connectivity index (χ2v) is 6.08. The molecule has 0 fully saturated rings. The quantitative estimate of drug-likeness (QED) is 0.443. The first-order valence-corrected chi connectivity index (χ1v) is 7.71. The van der Waals surface area contributed by atoms with Gasteiger partial charge >= 0.3 is 0 Å². The van der Waals surface area contributed by atoms with Gasteiger partial charge in [-0.05, 0) is 17.7 Å². The second-order valence-electron chi connectivity index (χ2n) is 4.05. The molecule has 0 bridgehead atoms. The van der Waals surface area contributed by atoms with Gasteiger partial charge in [0.2, 0.25) is 0 Å². The van der Waals surface area contributed by atoms with Gasteiger partial charge in [0.15, 0.2) is 10.8 Å². The number of nitrogen functional groups attached to an aromatic ring is 1. The Balaban J connectivity index is 2.17. The Morgan fingerprint density at radius 2 is 2.05 bits per heavy atom. The van der Waals surface area contributed by atoms with E-state index in [-0.39, 0.29) is 26.6 Å². The lowest BCUT2D eigenvalue weighted by atomic mass is 10.2. The predicted molar refractivity (Wildman–Crippen MR) is 92.9 cm³/mol. The van der Waals surface area contributed by atoms with Crippen LogP contribution in [0, 0.1) is 0 Å². The van der Waals surface area contributed by atoms with E-state index >= 15 is 0 Å². The summed E-state index contributed by atoms with van der Waals surface area (Å²) >= 11 is 20.8. The highest BCUT2D eigenvalue weighted by Gasteiger charge is 2.19. The maximum atomic E-state index is 12.0. The van der Waals surface area contributed by atoms with Crippen LogP contribution < -0.4 is 11.2 Å². The van der Waals surface area contributed by atoms with Gasteiger partial charge in [-0.2, -0.15) is 5.10 Å². The Morgan fingerprint density at radius 1 is 1.32 bits per heavy atom. The summed E-state index contributed by atoms with van der Waals surface area (Å²) in [5, 5.41) is 3.64. The molecule has 3 N–H and O–H groups in total. The van der Waals surface area contributed by atoms with Crippen LogP contribution in [0.15, 0.2) is 33.8 Å². The number of aromatic nitrogens is 1. The Bertz CT molecular complexity index is 767. The number of benzene rings is 1. The van der Waals surface area contributed by atoms with Crippen molar-refractivity contribution < 1.29 is 4.79 Å². The molecule has 0 saturated heterocycles. The molecule has 0 saturated carbocycles. The van der Waals surface area contributed by atoms with E-state index < -0.39 is 5.91 Å². The van der Waals surface area contributed by atoms with Gasteiger partial charge in [-0.3, -0.25) is 4.79 Å². The van der Waals surface area contributed by atoms with Gasteiger partial charge in [-0.25, -0.2) is 10.4 Å². The lowest BCUT2D eigenvalue weighted by molar-refractivity contribution is 0.0950. The highest BCUT2D eigenvalue weighted by molar-refractivity contribution is 9.10. The number of nitrogens with zero attached hydrogens (tertiary/aromatic N) is 2. The molecule has 1 amide bonds. The highest BCUT2D eigenvalue weighted by atomic mass is 79.9. The number of anilines is 1. The minimum atomic E-state index is -0.651. The average molecular weight is 422 g/mol. The van der Waals surface area contributed by atoms with Crippen LogP contribution >= 0.6 is 50.7 Å². The summed E-state index contributed by atoms with van der Waals surface area (Å²) in [6.07, 6.45) is 1.47. The second kappa shape index (κ2) is 7.28. The molecular weight excluding hydrogens is 414 g/mol. The number of carbonyl (C=O) groups excluding carboxylic acids is 1. The lowest BCUT2D eigenvalue weighted by Crippen LogP contribution is -2.20. The van der Waals surface area contributed by atoms with Crippen LogP contribution in [-0.2, 0) is 0 Å². The number of hydrogen-bond acceptors (Lipinski definition) is 4. The van der Waals surface area contributed by atoms with Gasteiger partial charge in [0.1, 0.15) is 5.02 Å². The fourth-order valence-electron chi connectivity index (χ4n) is 1.49. The van der Waals surface area contributed by atoms with Crippen molar-refractivity contribution in [1.29, 1.82) is 0 Å². The third-order valence-corrected chi connectivity index (χ3v) is 4.14. The van der Waals surface area contributed by atoms with E-state index in [9.17, 15) is 4.79 Å². The number of halogens is 4. The molecule has 5 nitrogen and oxygen atoms in total. The summed E-state index contributed by atoms with van der Waals surface area (Å²) < 4.78 is 0.893. The van der Waals surface area contributed by atoms with Crippen LogP contribution in [0.25, 0.3) is 0 Å². The van der Waals surface area contributed by atoms with Crippen molar-refractivity contribution >= 4 is 68.5 Å². The molecule has 1 heterocycles. The van der Waals surface area contributed by atoms with Gasteiger partial charge in [-0.15, -0.1) is 0 Å². The number of nitrogens with one attached hydrogen (secondary N) is 1. The van der Waals surface area contributed by atoms with E-state index in [1.54, 1.807) is 0 Å². The Hall–Kier alpha value is -1.34. The molecule has 0 aliphatic rings. The zero-order valence-corrected chi connectivity index (χ0v) is 14.6. The summed E-state index contributed by atoms with van der Waals surface area (Å²) in [6.45, 7) is 0. The Labute approximate surface area is 149 Å². The molecule has 0 aliphatic carbocycles. The molecule has 0 atom stereocenters. The average Bonchev–Trinajstić information content (AvgIpc) is 2.48. The van der Waals surface area contributed by atoms with Crippen LogP contribution in [0.4, 0.5) is 5.69 Å². The van der Waals surface area contributed by atoms with Crippen molar-refractivity contribution in [2.75, 3.05) is 5.73 Å². The van der Waals surface area contributed by atoms with Crippen molar-refractivity contribution in [2.24, 2.45) is 5.10 Å². The number of carbonyl (C=O) groups is 1. The normalized spacial score (nSPS) is 10.9. The number of hydrazone groups is 1. The van der Waals surface area contributed by atoms with Crippen LogP contribution in [0.2, 0.25) is 15.2 Å². The minimum absolute atomic E-state index is 0.000790. The van der Waals surface area contributed by atoms with Crippen molar-refractivity contribution in [3.63, 3.8) is 0 Å². The Kier molecular flexibility index (Phi) is 5.63. The SMILES string of the molecule is Nc1c(Cl)c(Cl)nc(C(=O)NN=Cc2cccc(Br)c2)c1Cl. The highest BCUT2D eigenvalue weighted by Crippen LogP contribution is 2.34. The van der Waals surface area contributed by atoms with Crippen molar-refractivity contribution in [2.45, 2.75) is 0 Å². The summed E-state index contributed by atoms with van der Waals surface area (Å²) in [7, 11) is 0. The molecule has 0 unspecified atom stereocenters. The molecule has 114 valence electrons. The number of nitrogens with two attached hydrogens (primary N) is 1. The summed E-state index contributed by atoms with van der Waals surface area (Å²) in [5.41, 5.74) is 8.57. The topological polar surface area (TPSA) is 80.4 Å². The van der Waals surface area contributed by atoms with E-state index in [0.29, 0.717) is 0 Å². The third-order valence-electron chi connectivity index (χ3n) is 2.52.